The van der Waals surface area contributed by atoms with Gasteiger partial charge in [0.1, 0.15) is 0 Å². The summed E-state index contributed by atoms with van der Waals surface area (Å²) in [6.45, 7) is 2.38. The Morgan fingerprint density at radius 1 is 0.964 bits per heavy atom. The van der Waals surface area contributed by atoms with Gasteiger partial charge in [0.15, 0.2) is 0 Å². The molecule has 0 radical (unpaired) electrons. The zero-order valence-corrected chi connectivity index (χ0v) is 16.3. The van der Waals surface area contributed by atoms with Crippen LogP contribution in [0.5, 0.6) is 0 Å². The molecule has 144 valence electrons. The van der Waals surface area contributed by atoms with Crippen LogP contribution >= 0.6 is 11.3 Å². The minimum absolute atomic E-state index is 0.0652. The molecule has 1 saturated heterocycles. The molecule has 0 saturated carbocycles. The quantitative estimate of drug-likeness (QED) is 0.669. The van der Waals surface area contributed by atoms with E-state index in [0.717, 1.165) is 16.1 Å². The number of carbonyl (C=O) groups excluding carboxylic acids is 2. The smallest absolute Gasteiger partial charge is 0.264 e. The van der Waals surface area contributed by atoms with Gasteiger partial charge in [-0.05, 0) is 35.6 Å². The molecule has 1 aliphatic heterocycles. The van der Waals surface area contributed by atoms with E-state index in [-0.39, 0.29) is 11.8 Å². The molecule has 28 heavy (non-hydrogen) atoms. The summed E-state index contributed by atoms with van der Waals surface area (Å²) in [5.74, 6) is 0.200. The minimum atomic E-state index is 0.0652. The largest absolute Gasteiger partial charge is 0.339 e. The van der Waals surface area contributed by atoms with Gasteiger partial charge in [-0.15, -0.1) is 11.3 Å². The fraction of sp³-hybridized carbons (Fsp3) is 0.286. The van der Waals surface area contributed by atoms with Gasteiger partial charge < -0.3 is 9.80 Å². The first-order valence-electron chi connectivity index (χ1n) is 9.40. The van der Waals surface area contributed by atoms with E-state index in [9.17, 15) is 9.59 Å². The van der Waals surface area contributed by atoms with E-state index in [1.165, 1.54) is 11.3 Å². The Labute approximate surface area is 168 Å². The summed E-state index contributed by atoms with van der Waals surface area (Å²) in [5.41, 5.74) is 2.05. The third kappa shape index (κ3) is 4.14. The Morgan fingerprint density at radius 2 is 1.71 bits per heavy atom. The highest BCUT2D eigenvalue weighted by atomic mass is 32.1. The fourth-order valence-corrected chi connectivity index (χ4v) is 4.03. The zero-order chi connectivity index (χ0) is 19.3. The van der Waals surface area contributed by atoms with Gasteiger partial charge in [-0.3, -0.25) is 9.59 Å². The van der Waals surface area contributed by atoms with Crippen LogP contribution in [-0.4, -0.2) is 57.6 Å². The number of hydrogen-bond donors (Lipinski definition) is 0. The topological polar surface area (TPSA) is 58.4 Å². The summed E-state index contributed by atoms with van der Waals surface area (Å²) in [6.07, 6.45) is 4.91. The summed E-state index contributed by atoms with van der Waals surface area (Å²) < 4.78 is 1.83. The molecule has 0 spiro atoms. The monoisotopic (exact) mass is 394 g/mol. The maximum atomic E-state index is 12.6. The predicted molar refractivity (Wildman–Crippen MR) is 109 cm³/mol. The number of nitrogens with zero attached hydrogens (tertiary/aromatic N) is 4. The van der Waals surface area contributed by atoms with Crippen molar-refractivity contribution in [2.45, 2.75) is 12.8 Å². The second-order valence-electron chi connectivity index (χ2n) is 6.78. The molecule has 7 heteroatoms. The summed E-state index contributed by atoms with van der Waals surface area (Å²) in [6, 6.07) is 13.7. The molecule has 4 rings (SSSR count). The number of amides is 2. The molecular formula is C21H22N4O2S. The van der Waals surface area contributed by atoms with Crippen molar-refractivity contribution in [2.24, 2.45) is 0 Å². The molecular weight excluding hydrogens is 372 g/mol. The summed E-state index contributed by atoms with van der Waals surface area (Å²) in [4.78, 5) is 29.4. The van der Waals surface area contributed by atoms with Crippen molar-refractivity contribution in [3.05, 3.63) is 70.7 Å². The average Bonchev–Trinajstić information content (AvgIpc) is 3.44. The molecule has 2 amide bonds. The van der Waals surface area contributed by atoms with Crippen molar-refractivity contribution in [1.29, 1.82) is 0 Å². The minimum Gasteiger partial charge on any atom is -0.339 e. The van der Waals surface area contributed by atoms with Crippen molar-refractivity contribution >= 4 is 23.2 Å². The lowest BCUT2D eigenvalue weighted by Crippen LogP contribution is -2.50. The Balaban J connectivity index is 1.26. The number of carbonyl (C=O) groups is 2. The number of para-hydroxylation sites is 1. The number of benzene rings is 1. The van der Waals surface area contributed by atoms with Crippen molar-refractivity contribution in [2.75, 3.05) is 26.2 Å². The molecule has 3 aromatic rings. The Kier molecular flexibility index (Phi) is 5.53. The maximum absolute atomic E-state index is 12.6. The van der Waals surface area contributed by atoms with Crippen LogP contribution in [0.25, 0.3) is 5.69 Å². The summed E-state index contributed by atoms with van der Waals surface area (Å²) >= 11 is 1.46. The number of piperazine rings is 1. The van der Waals surface area contributed by atoms with Crippen molar-refractivity contribution in [3.8, 4) is 5.69 Å². The number of aromatic nitrogens is 2. The van der Waals surface area contributed by atoms with Gasteiger partial charge in [0.25, 0.3) is 5.91 Å². The third-order valence-electron chi connectivity index (χ3n) is 4.94. The van der Waals surface area contributed by atoms with Gasteiger partial charge in [-0.25, -0.2) is 4.68 Å². The summed E-state index contributed by atoms with van der Waals surface area (Å²) in [5, 5.41) is 6.29. The van der Waals surface area contributed by atoms with E-state index in [1.54, 1.807) is 0 Å². The Hall–Kier alpha value is -2.93. The molecule has 0 bridgehead atoms. The van der Waals surface area contributed by atoms with Crippen molar-refractivity contribution < 1.29 is 9.59 Å². The highest BCUT2D eigenvalue weighted by molar-refractivity contribution is 7.12. The standard InChI is InChI=1S/C21H22N4O2S/c26-20(9-8-17-15-22-25(16-17)18-5-2-1-3-6-18)23-10-12-24(13-11-23)21(27)19-7-4-14-28-19/h1-7,14-16H,8-13H2. The lowest BCUT2D eigenvalue weighted by molar-refractivity contribution is -0.132. The molecule has 6 nitrogen and oxygen atoms in total. The normalized spacial score (nSPS) is 14.3. The molecule has 1 aliphatic rings. The first-order chi connectivity index (χ1) is 13.7. The van der Waals surface area contributed by atoms with Crippen LogP contribution in [0.15, 0.2) is 60.2 Å². The van der Waals surface area contributed by atoms with E-state index in [2.05, 4.69) is 5.10 Å². The van der Waals surface area contributed by atoms with Crippen LogP contribution in [0, 0.1) is 0 Å². The number of hydrogen-bond acceptors (Lipinski definition) is 4. The zero-order valence-electron chi connectivity index (χ0n) is 15.5. The van der Waals surface area contributed by atoms with Gasteiger partial charge in [0.2, 0.25) is 5.91 Å². The van der Waals surface area contributed by atoms with Gasteiger partial charge >= 0.3 is 0 Å². The van der Waals surface area contributed by atoms with Crippen LogP contribution in [0.2, 0.25) is 0 Å². The van der Waals surface area contributed by atoms with E-state index in [1.807, 2.05) is 74.7 Å². The third-order valence-corrected chi connectivity index (χ3v) is 5.79. The fourth-order valence-electron chi connectivity index (χ4n) is 3.34. The van der Waals surface area contributed by atoms with Crippen molar-refractivity contribution in [3.63, 3.8) is 0 Å². The molecule has 2 aromatic heterocycles. The number of rotatable bonds is 5. The molecule has 0 aliphatic carbocycles. The average molecular weight is 395 g/mol. The molecule has 0 atom stereocenters. The molecule has 0 N–H and O–H groups in total. The highest BCUT2D eigenvalue weighted by Gasteiger charge is 2.25. The van der Waals surface area contributed by atoms with Crippen LogP contribution in [0.4, 0.5) is 0 Å². The van der Waals surface area contributed by atoms with Gasteiger partial charge in [0.05, 0.1) is 16.8 Å². The van der Waals surface area contributed by atoms with Gasteiger partial charge in [-0.2, -0.15) is 5.10 Å². The predicted octanol–water partition coefficient (Wildman–Crippen LogP) is 2.85. The summed E-state index contributed by atoms with van der Waals surface area (Å²) in [7, 11) is 0. The second kappa shape index (κ2) is 8.39. The Morgan fingerprint density at radius 3 is 2.43 bits per heavy atom. The lowest BCUT2D eigenvalue weighted by Gasteiger charge is -2.34. The van der Waals surface area contributed by atoms with E-state index in [4.69, 9.17) is 0 Å². The SMILES string of the molecule is O=C(CCc1cnn(-c2ccccc2)c1)N1CCN(C(=O)c2cccs2)CC1. The van der Waals surface area contributed by atoms with Crippen LogP contribution in [0.1, 0.15) is 21.7 Å². The molecule has 1 fully saturated rings. The van der Waals surface area contributed by atoms with Crippen LogP contribution in [0.3, 0.4) is 0 Å². The van der Waals surface area contributed by atoms with Crippen LogP contribution in [-0.2, 0) is 11.2 Å². The van der Waals surface area contributed by atoms with E-state index in [0.29, 0.717) is 39.0 Å². The van der Waals surface area contributed by atoms with Crippen molar-refractivity contribution in [1.82, 2.24) is 19.6 Å². The second-order valence-corrected chi connectivity index (χ2v) is 7.73. The molecule has 3 heterocycles. The van der Waals surface area contributed by atoms with Gasteiger partial charge in [-0.1, -0.05) is 24.3 Å². The Bertz CT molecular complexity index is 928. The number of aryl methyl sites for hydroxylation is 1. The van der Waals surface area contributed by atoms with Crippen LogP contribution < -0.4 is 0 Å². The highest BCUT2D eigenvalue weighted by Crippen LogP contribution is 2.15. The first kappa shape index (κ1) is 18.4. The molecule has 0 unspecified atom stereocenters. The van der Waals surface area contributed by atoms with E-state index >= 15 is 0 Å². The number of thiophene rings is 1. The van der Waals surface area contributed by atoms with E-state index < -0.39 is 0 Å². The maximum Gasteiger partial charge on any atom is 0.264 e. The lowest BCUT2D eigenvalue weighted by atomic mass is 10.1. The first-order valence-corrected chi connectivity index (χ1v) is 10.3. The molecule has 1 aromatic carbocycles. The van der Waals surface area contributed by atoms with Gasteiger partial charge in [0, 0.05) is 38.8 Å².